The molecule has 23 heavy (non-hydrogen) atoms. The van der Waals surface area contributed by atoms with E-state index in [-0.39, 0.29) is 18.9 Å². The van der Waals surface area contributed by atoms with Crippen molar-refractivity contribution in [1.29, 1.82) is 0 Å². The van der Waals surface area contributed by atoms with Crippen molar-refractivity contribution in [3.05, 3.63) is 0 Å². The van der Waals surface area contributed by atoms with E-state index in [1.165, 1.54) is 38.8 Å². The van der Waals surface area contributed by atoms with E-state index in [4.69, 9.17) is 5.11 Å². The monoisotopic (exact) mass is 329 g/mol. The second-order valence-electron chi connectivity index (χ2n) is 8.04. The Kier molecular flexibility index (Phi) is 12.4. The maximum atomic E-state index is 11.4. The molecule has 0 heterocycles. The zero-order chi connectivity index (χ0) is 17.7. The van der Waals surface area contributed by atoms with Gasteiger partial charge in [-0.25, -0.2) is 0 Å². The predicted octanol–water partition coefficient (Wildman–Crippen LogP) is 3.19. The van der Waals surface area contributed by atoms with E-state index in [0.717, 1.165) is 35.8 Å². The number of amides is 1. The van der Waals surface area contributed by atoms with Crippen molar-refractivity contribution >= 4 is 5.91 Å². The standard InChI is InChI=1S/C19H40N2O2/c1-17(2)9-6-13-21(5,14-7-10-18(3)4)15-8-12-20-19(23)11-16-22/h17-18,22H,6-16H2,1-5H3/p+1. The molecular formula is C19H41N2O2+. The highest BCUT2D eigenvalue weighted by molar-refractivity contribution is 5.75. The first kappa shape index (κ1) is 22.4. The number of aliphatic hydroxyl groups is 1. The van der Waals surface area contributed by atoms with E-state index in [1.54, 1.807) is 0 Å². The molecule has 0 aromatic carbocycles. The molecule has 0 spiro atoms. The van der Waals surface area contributed by atoms with Crippen LogP contribution in [0, 0.1) is 11.8 Å². The molecule has 0 unspecified atom stereocenters. The largest absolute Gasteiger partial charge is 0.396 e. The quantitative estimate of drug-likeness (QED) is 0.380. The Hall–Kier alpha value is -0.610. The summed E-state index contributed by atoms with van der Waals surface area (Å²) < 4.78 is 1.12. The van der Waals surface area contributed by atoms with E-state index < -0.39 is 0 Å². The summed E-state index contributed by atoms with van der Waals surface area (Å²) in [5.41, 5.74) is 0. The molecule has 0 rings (SSSR count). The van der Waals surface area contributed by atoms with Crippen molar-refractivity contribution in [3.8, 4) is 0 Å². The van der Waals surface area contributed by atoms with Gasteiger partial charge >= 0.3 is 0 Å². The highest BCUT2D eigenvalue weighted by atomic mass is 16.3. The van der Waals surface area contributed by atoms with Crippen LogP contribution in [0.1, 0.15) is 66.2 Å². The molecule has 4 nitrogen and oxygen atoms in total. The summed E-state index contributed by atoms with van der Waals surface area (Å²) in [5, 5.41) is 11.6. The van der Waals surface area contributed by atoms with E-state index in [0.29, 0.717) is 0 Å². The Balaban J connectivity index is 4.20. The summed E-state index contributed by atoms with van der Waals surface area (Å²) in [7, 11) is 2.37. The summed E-state index contributed by atoms with van der Waals surface area (Å²) in [6, 6.07) is 0. The summed E-state index contributed by atoms with van der Waals surface area (Å²) in [6.07, 6.45) is 6.39. The summed E-state index contributed by atoms with van der Waals surface area (Å²) in [5.74, 6) is 1.51. The molecule has 0 aliphatic rings. The first-order valence-electron chi connectivity index (χ1n) is 9.50. The van der Waals surface area contributed by atoms with Crippen LogP contribution in [0.5, 0.6) is 0 Å². The van der Waals surface area contributed by atoms with Gasteiger partial charge in [0.25, 0.3) is 0 Å². The maximum Gasteiger partial charge on any atom is 0.222 e. The SMILES string of the molecule is CC(C)CCC[N+](C)(CCCNC(=O)CCO)CCCC(C)C. The first-order valence-corrected chi connectivity index (χ1v) is 9.50. The molecule has 0 aromatic heterocycles. The second kappa shape index (κ2) is 12.8. The summed E-state index contributed by atoms with van der Waals surface area (Å²) in [6.45, 7) is 13.4. The molecule has 0 saturated heterocycles. The molecule has 0 aliphatic carbocycles. The third-order valence-electron chi connectivity index (χ3n) is 4.49. The van der Waals surface area contributed by atoms with Gasteiger partial charge in [0.05, 0.1) is 33.3 Å². The fourth-order valence-electron chi connectivity index (χ4n) is 2.98. The minimum atomic E-state index is -0.0655. The van der Waals surface area contributed by atoms with Crippen LogP contribution in [0.25, 0.3) is 0 Å². The molecule has 0 saturated carbocycles. The van der Waals surface area contributed by atoms with E-state index in [9.17, 15) is 4.79 Å². The average Bonchev–Trinajstić information content (AvgIpc) is 2.43. The van der Waals surface area contributed by atoms with Crippen molar-refractivity contribution < 1.29 is 14.4 Å². The zero-order valence-corrected chi connectivity index (χ0v) is 16.2. The molecule has 0 aromatic rings. The number of aliphatic hydroxyl groups excluding tert-OH is 1. The molecule has 0 radical (unpaired) electrons. The van der Waals surface area contributed by atoms with Crippen molar-refractivity contribution in [3.63, 3.8) is 0 Å². The topological polar surface area (TPSA) is 49.3 Å². The Morgan fingerprint density at radius 1 is 0.957 bits per heavy atom. The normalized spacial score (nSPS) is 12.2. The van der Waals surface area contributed by atoms with Crippen LogP contribution in [-0.2, 0) is 4.79 Å². The van der Waals surface area contributed by atoms with Crippen molar-refractivity contribution in [1.82, 2.24) is 5.32 Å². The van der Waals surface area contributed by atoms with Gasteiger partial charge in [0, 0.05) is 19.4 Å². The van der Waals surface area contributed by atoms with Crippen LogP contribution < -0.4 is 5.32 Å². The third kappa shape index (κ3) is 13.5. The van der Waals surface area contributed by atoms with E-state index in [1.807, 2.05) is 0 Å². The van der Waals surface area contributed by atoms with Crippen molar-refractivity contribution in [2.75, 3.05) is 39.8 Å². The average molecular weight is 330 g/mol. The lowest BCUT2D eigenvalue weighted by Gasteiger charge is -2.35. The molecule has 0 aliphatic heterocycles. The maximum absolute atomic E-state index is 11.4. The Morgan fingerprint density at radius 2 is 1.43 bits per heavy atom. The Labute approximate surface area is 144 Å². The number of nitrogens with one attached hydrogen (secondary N) is 1. The third-order valence-corrected chi connectivity index (χ3v) is 4.49. The number of carbonyl (C=O) groups is 1. The van der Waals surface area contributed by atoms with Gasteiger partial charge in [-0.3, -0.25) is 4.79 Å². The van der Waals surface area contributed by atoms with Crippen LogP contribution in [0.4, 0.5) is 0 Å². The van der Waals surface area contributed by atoms with E-state index >= 15 is 0 Å². The predicted molar refractivity (Wildman–Crippen MR) is 98.3 cm³/mol. The van der Waals surface area contributed by atoms with Gasteiger partial charge in [0.2, 0.25) is 5.91 Å². The first-order chi connectivity index (χ1) is 10.8. The van der Waals surface area contributed by atoms with E-state index in [2.05, 4.69) is 40.1 Å². The van der Waals surface area contributed by atoms with Crippen LogP contribution >= 0.6 is 0 Å². The minimum Gasteiger partial charge on any atom is -0.396 e. The molecule has 2 N–H and O–H groups in total. The molecule has 4 heteroatoms. The molecule has 138 valence electrons. The molecule has 0 bridgehead atoms. The van der Waals surface area contributed by atoms with Gasteiger partial charge in [0.15, 0.2) is 0 Å². The number of quaternary nitrogens is 1. The second-order valence-corrected chi connectivity index (χ2v) is 8.04. The molecule has 0 fully saturated rings. The number of nitrogens with zero attached hydrogens (tertiary/aromatic N) is 1. The summed E-state index contributed by atoms with van der Waals surface area (Å²) >= 11 is 0. The van der Waals surface area contributed by atoms with Gasteiger partial charge in [-0.2, -0.15) is 0 Å². The van der Waals surface area contributed by atoms with Gasteiger partial charge in [0.1, 0.15) is 0 Å². The lowest BCUT2D eigenvalue weighted by atomic mass is 10.1. The lowest BCUT2D eigenvalue weighted by Crippen LogP contribution is -2.47. The molecular weight excluding hydrogens is 288 g/mol. The highest BCUT2D eigenvalue weighted by Crippen LogP contribution is 2.14. The van der Waals surface area contributed by atoms with Crippen molar-refractivity contribution in [2.24, 2.45) is 11.8 Å². The van der Waals surface area contributed by atoms with Crippen LogP contribution in [0.2, 0.25) is 0 Å². The van der Waals surface area contributed by atoms with Gasteiger partial charge in [-0.15, -0.1) is 0 Å². The lowest BCUT2D eigenvalue weighted by molar-refractivity contribution is -0.910. The number of hydrogen-bond acceptors (Lipinski definition) is 2. The van der Waals surface area contributed by atoms with Crippen LogP contribution in [-0.4, -0.2) is 55.3 Å². The minimum absolute atomic E-state index is 0.0404. The fraction of sp³-hybridized carbons (Fsp3) is 0.947. The van der Waals surface area contributed by atoms with Crippen LogP contribution in [0.15, 0.2) is 0 Å². The zero-order valence-electron chi connectivity index (χ0n) is 16.2. The summed E-state index contributed by atoms with van der Waals surface area (Å²) in [4.78, 5) is 11.4. The Morgan fingerprint density at radius 3 is 1.87 bits per heavy atom. The smallest absolute Gasteiger partial charge is 0.222 e. The van der Waals surface area contributed by atoms with Gasteiger partial charge in [-0.1, -0.05) is 27.7 Å². The molecule has 1 amide bonds. The Bertz CT molecular complexity index is 290. The van der Waals surface area contributed by atoms with Crippen molar-refractivity contribution in [2.45, 2.75) is 66.2 Å². The molecule has 0 atom stereocenters. The number of carbonyl (C=O) groups excluding carboxylic acids is 1. The van der Waals surface area contributed by atoms with Gasteiger partial charge < -0.3 is 14.9 Å². The number of hydrogen-bond donors (Lipinski definition) is 2. The highest BCUT2D eigenvalue weighted by Gasteiger charge is 2.20. The fourth-order valence-corrected chi connectivity index (χ4v) is 2.98. The van der Waals surface area contributed by atoms with Crippen LogP contribution in [0.3, 0.4) is 0 Å². The number of rotatable bonds is 14. The van der Waals surface area contributed by atoms with Gasteiger partial charge in [-0.05, 0) is 37.5 Å².